The minimum Gasteiger partial charge on any atom is -0.490 e. The Bertz CT molecular complexity index is 404. The lowest BCUT2D eigenvalue weighted by atomic mass is 10.2. The Labute approximate surface area is 113 Å². The molecule has 106 valence electrons. The van der Waals surface area contributed by atoms with Crippen LogP contribution in [0.15, 0.2) is 24.3 Å². The Morgan fingerprint density at radius 3 is 2.53 bits per heavy atom. The quantitative estimate of drug-likeness (QED) is 0.746. The van der Waals surface area contributed by atoms with Crippen molar-refractivity contribution in [1.82, 2.24) is 4.90 Å². The average molecular weight is 267 g/mol. The van der Waals surface area contributed by atoms with Crippen molar-refractivity contribution in [1.29, 1.82) is 0 Å². The van der Waals surface area contributed by atoms with Crippen molar-refractivity contribution in [3.63, 3.8) is 0 Å². The lowest BCUT2D eigenvalue weighted by Crippen LogP contribution is -2.35. The van der Waals surface area contributed by atoms with Crippen LogP contribution in [0.25, 0.3) is 0 Å². The molecule has 0 amide bonds. The highest BCUT2D eigenvalue weighted by Crippen LogP contribution is 2.17. The average Bonchev–Trinajstić information content (AvgIpc) is 2.42. The van der Waals surface area contributed by atoms with E-state index in [1.807, 2.05) is 13.8 Å². The zero-order valence-corrected chi connectivity index (χ0v) is 11.4. The van der Waals surface area contributed by atoms with Gasteiger partial charge in [0.1, 0.15) is 24.0 Å². The van der Waals surface area contributed by atoms with Gasteiger partial charge in [0.05, 0.1) is 0 Å². The number of carboxylic acids is 1. The van der Waals surface area contributed by atoms with E-state index >= 15 is 0 Å². The molecule has 0 saturated carbocycles. The molecule has 1 rings (SSSR count). The van der Waals surface area contributed by atoms with Crippen molar-refractivity contribution in [3.8, 4) is 5.75 Å². The summed E-state index contributed by atoms with van der Waals surface area (Å²) in [6.07, 6.45) is -0.637. The number of hydrogen-bond acceptors (Lipinski definition) is 4. The molecule has 0 aromatic heterocycles. The number of carboxylic acid groups (broad SMARTS) is 1. The summed E-state index contributed by atoms with van der Waals surface area (Å²) in [5, 5.41) is 18.9. The van der Waals surface area contributed by atoms with E-state index in [1.54, 1.807) is 18.2 Å². The number of para-hydroxylation sites is 1. The Balaban J connectivity index is 2.55. The first kappa shape index (κ1) is 15.5. The maximum atomic E-state index is 11.0. The van der Waals surface area contributed by atoms with Crippen LogP contribution in [0.3, 0.4) is 0 Å². The van der Waals surface area contributed by atoms with Gasteiger partial charge in [0.25, 0.3) is 0 Å². The molecule has 0 spiro atoms. The number of likely N-dealkylation sites (N-methyl/N-ethyl adjacent to an activating group) is 1. The summed E-state index contributed by atoms with van der Waals surface area (Å²) < 4.78 is 5.39. The molecule has 19 heavy (non-hydrogen) atoms. The van der Waals surface area contributed by atoms with Crippen LogP contribution in [-0.2, 0) is 0 Å². The minimum atomic E-state index is -1.03. The fourth-order valence-corrected chi connectivity index (χ4v) is 1.79. The summed E-state index contributed by atoms with van der Waals surface area (Å²) in [6.45, 7) is 6.37. The summed E-state index contributed by atoms with van der Waals surface area (Å²) in [6, 6.07) is 6.42. The number of rotatable bonds is 8. The second kappa shape index (κ2) is 7.76. The largest absolute Gasteiger partial charge is 0.490 e. The van der Waals surface area contributed by atoms with Crippen LogP contribution in [0.2, 0.25) is 0 Å². The molecule has 0 saturated heterocycles. The number of aliphatic hydroxyl groups excluding tert-OH is 1. The maximum Gasteiger partial charge on any atom is 0.339 e. The van der Waals surface area contributed by atoms with E-state index < -0.39 is 12.1 Å². The molecule has 1 aromatic carbocycles. The molecule has 2 N–H and O–H groups in total. The summed E-state index contributed by atoms with van der Waals surface area (Å²) in [5.74, 6) is -0.748. The van der Waals surface area contributed by atoms with Crippen LogP contribution >= 0.6 is 0 Å². The van der Waals surface area contributed by atoms with Gasteiger partial charge in [0.2, 0.25) is 0 Å². The molecule has 1 unspecified atom stereocenters. The van der Waals surface area contributed by atoms with Crippen LogP contribution in [0, 0.1) is 0 Å². The third-order valence-electron chi connectivity index (χ3n) is 2.91. The van der Waals surface area contributed by atoms with E-state index in [0.717, 1.165) is 13.1 Å². The van der Waals surface area contributed by atoms with Crippen LogP contribution in [0.5, 0.6) is 5.75 Å². The molecule has 1 atom stereocenters. The normalized spacial score (nSPS) is 12.4. The summed E-state index contributed by atoms with van der Waals surface area (Å²) in [5.41, 5.74) is 0.109. The van der Waals surface area contributed by atoms with Gasteiger partial charge in [-0.1, -0.05) is 26.0 Å². The molecule has 1 aromatic rings. The van der Waals surface area contributed by atoms with Crippen molar-refractivity contribution >= 4 is 5.97 Å². The molecule has 5 heteroatoms. The van der Waals surface area contributed by atoms with Crippen LogP contribution < -0.4 is 4.74 Å². The minimum absolute atomic E-state index is 0.0841. The monoisotopic (exact) mass is 267 g/mol. The van der Waals surface area contributed by atoms with Gasteiger partial charge in [-0.3, -0.25) is 0 Å². The molecule has 0 aliphatic carbocycles. The lowest BCUT2D eigenvalue weighted by Gasteiger charge is -2.22. The number of benzene rings is 1. The first-order valence-electron chi connectivity index (χ1n) is 6.44. The first-order chi connectivity index (χ1) is 9.08. The summed E-state index contributed by atoms with van der Waals surface area (Å²) in [4.78, 5) is 13.1. The zero-order chi connectivity index (χ0) is 14.3. The second-order valence-electron chi connectivity index (χ2n) is 4.25. The van der Waals surface area contributed by atoms with Crippen molar-refractivity contribution in [3.05, 3.63) is 29.8 Å². The molecule has 0 aliphatic heterocycles. The fourth-order valence-electron chi connectivity index (χ4n) is 1.79. The van der Waals surface area contributed by atoms with E-state index in [0.29, 0.717) is 6.54 Å². The van der Waals surface area contributed by atoms with Gasteiger partial charge in [0, 0.05) is 6.54 Å². The Morgan fingerprint density at radius 1 is 1.32 bits per heavy atom. The van der Waals surface area contributed by atoms with Gasteiger partial charge in [-0.15, -0.1) is 0 Å². The van der Waals surface area contributed by atoms with Gasteiger partial charge >= 0.3 is 5.97 Å². The van der Waals surface area contributed by atoms with Crippen molar-refractivity contribution in [2.24, 2.45) is 0 Å². The Morgan fingerprint density at radius 2 is 1.95 bits per heavy atom. The number of hydrogen-bond donors (Lipinski definition) is 2. The molecule has 0 radical (unpaired) electrons. The number of ether oxygens (including phenoxy) is 1. The highest BCUT2D eigenvalue weighted by molar-refractivity contribution is 5.90. The van der Waals surface area contributed by atoms with Gasteiger partial charge in [0.15, 0.2) is 0 Å². The number of nitrogens with zero attached hydrogens (tertiary/aromatic N) is 1. The second-order valence-corrected chi connectivity index (χ2v) is 4.25. The van der Waals surface area contributed by atoms with Gasteiger partial charge < -0.3 is 19.8 Å². The van der Waals surface area contributed by atoms with Crippen LogP contribution in [-0.4, -0.2) is 53.4 Å². The van der Waals surface area contributed by atoms with Crippen molar-refractivity contribution in [2.45, 2.75) is 20.0 Å². The van der Waals surface area contributed by atoms with Crippen molar-refractivity contribution < 1.29 is 19.7 Å². The van der Waals surface area contributed by atoms with E-state index in [4.69, 9.17) is 9.84 Å². The highest BCUT2D eigenvalue weighted by atomic mass is 16.5. The zero-order valence-electron chi connectivity index (χ0n) is 11.4. The smallest absolute Gasteiger partial charge is 0.339 e. The predicted octanol–water partition coefficient (Wildman–Crippen LogP) is 1.47. The Hall–Kier alpha value is -1.59. The van der Waals surface area contributed by atoms with E-state index in [1.165, 1.54) is 6.07 Å². The summed E-state index contributed by atoms with van der Waals surface area (Å²) >= 11 is 0. The Kier molecular flexibility index (Phi) is 6.32. The van der Waals surface area contributed by atoms with Gasteiger partial charge in [-0.2, -0.15) is 0 Å². The molecule has 0 heterocycles. The van der Waals surface area contributed by atoms with E-state index in [2.05, 4.69) is 4.90 Å². The van der Waals surface area contributed by atoms with Gasteiger partial charge in [-0.25, -0.2) is 4.79 Å². The highest BCUT2D eigenvalue weighted by Gasteiger charge is 2.13. The molecule has 0 aliphatic rings. The number of aromatic carboxylic acids is 1. The molecule has 0 bridgehead atoms. The van der Waals surface area contributed by atoms with Gasteiger partial charge in [-0.05, 0) is 25.2 Å². The fraction of sp³-hybridized carbons (Fsp3) is 0.500. The number of carbonyl (C=O) groups is 1. The third-order valence-corrected chi connectivity index (χ3v) is 2.91. The number of aliphatic hydroxyl groups is 1. The first-order valence-corrected chi connectivity index (χ1v) is 6.44. The van der Waals surface area contributed by atoms with Crippen LogP contribution in [0.1, 0.15) is 24.2 Å². The topological polar surface area (TPSA) is 70.0 Å². The van der Waals surface area contributed by atoms with E-state index in [-0.39, 0.29) is 17.9 Å². The van der Waals surface area contributed by atoms with Crippen molar-refractivity contribution in [2.75, 3.05) is 26.2 Å². The summed E-state index contributed by atoms with van der Waals surface area (Å²) in [7, 11) is 0. The lowest BCUT2D eigenvalue weighted by molar-refractivity contribution is 0.0645. The molecular formula is C14H21NO4. The molecular weight excluding hydrogens is 246 g/mol. The van der Waals surface area contributed by atoms with Crippen LogP contribution in [0.4, 0.5) is 0 Å². The SMILES string of the molecule is CCN(CC)CC(O)COc1ccccc1C(=O)O. The standard InChI is InChI=1S/C14H21NO4/c1-3-15(4-2)9-11(16)10-19-13-8-6-5-7-12(13)14(17)18/h5-8,11,16H,3-4,9-10H2,1-2H3,(H,17,18). The maximum absolute atomic E-state index is 11.0. The van der Waals surface area contributed by atoms with E-state index in [9.17, 15) is 9.90 Å². The molecule has 5 nitrogen and oxygen atoms in total. The third kappa shape index (κ3) is 4.89. The predicted molar refractivity (Wildman–Crippen MR) is 72.7 cm³/mol. The molecule has 0 fully saturated rings.